The number of hydrogen-bond donors (Lipinski definition) is 1. The van der Waals surface area contributed by atoms with E-state index in [1.807, 2.05) is 13.8 Å². The van der Waals surface area contributed by atoms with Crippen molar-refractivity contribution < 1.29 is 22.9 Å². The van der Waals surface area contributed by atoms with Crippen molar-refractivity contribution in [3.8, 4) is 11.3 Å². The van der Waals surface area contributed by atoms with Crippen molar-refractivity contribution >= 4 is 35.1 Å². The molecule has 2 aromatic heterocycles. The van der Waals surface area contributed by atoms with E-state index in [1.165, 1.54) is 14.0 Å². The largest absolute Gasteiger partial charge is 0.388 e. The van der Waals surface area contributed by atoms with Gasteiger partial charge in [-0.2, -0.15) is 4.18 Å². The molecule has 0 saturated heterocycles. The number of nitrogens with zero attached hydrogens (tertiary/aromatic N) is 2. The quantitative estimate of drug-likeness (QED) is 0.239. The van der Waals surface area contributed by atoms with Crippen LogP contribution in [-0.2, 0) is 22.6 Å². The molecule has 1 aromatic carbocycles. The molecule has 1 atom stereocenters. The van der Waals surface area contributed by atoms with Crippen LogP contribution in [0.25, 0.3) is 16.9 Å². The predicted octanol–water partition coefficient (Wildman–Crippen LogP) is 5.53. The summed E-state index contributed by atoms with van der Waals surface area (Å²) >= 11 is 6.68. The van der Waals surface area contributed by atoms with Gasteiger partial charge in [0.1, 0.15) is 35.4 Å². The average molecular weight is 500 g/mol. The van der Waals surface area contributed by atoms with Crippen molar-refractivity contribution in [1.82, 2.24) is 9.38 Å². The summed E-state index contributed by atoms with van der Waals surface area (Å²) in [7, 11) is 1.53. The summed E-state index contributed by atoms with van der Waals surface area (Å²) in [6.07, 6.45) is 1.71. The van der Waals surface area contributed by atoms with Crippen LogP contribution >= 0.6 is 11.6 Å². The van der Waals surface area contributed by atoms with Gasteiger partial charge in [0.15, 0.2) is 11.5 Å². The van der Waals surface area contributed by atoms with E-state index in [1.54, 1.807) is 29.7 Å². The number of aliphatic hydroxyl groups is 1. The van der Waals surface area contributed by atoms with Gasteiger partial charge >= 0.3 is 0 Å². The minimum Gasteiger partial charge on any atom is -0.388 e. The summed E-state index contributed by atoms with van der Waals surface area (Å²) in [5.41, 5.74) is 0.877. The number of benzene rings is 1. The molecule has 2 heterocycles. The van der Waals surface area contributed by atoms with Gasteiger partial charge in [-0.1, -0.05) is 32.4 Å². The number of fused-ring (bicyclic) bond motifs is 1. The highest BCUT2D eigenvalue weighted by molar-refractivity contribution is 7.73. The average Bonchev–Trinajstić information content (AvgIpc) is 3.13. The maximum absolute atomic E-state index is 15.2. The Morgan fingerprint density at radius 1 is 1.33 bits per heavy atom. The summed E-state index contributed by atoms with van der Waals surface area (Å²) in [6, 6.07) is 4.20. The lowest BCUT2D eigenvalue weighted by atomic mass is 9.95. The number of pyridine rings is 1. The van der Waals surface area contributed by atoms with E-state index >= 15 is 8.78 Å². The van der Waals surface area contributed by atoms with Crippen molar-refractivity contribution in [2.24, 2.45) is 0 Å². The molecule has 0 aliphatic carbocycles. The number of imidazole rings is 1. The van der Waals surface area contributed by atoms with Gasteiger partial charge in [0.05, 0.1) is 24.1 Å². The fourth-order valence-corrected chi connectivity index (χ4v) is 4.13. The van der Waals surface area contributed by atoms with Crippen LogP contribution in [0.2, 0.25) is 5.02 Å². The SMILES string of the molecule is CC.CCCC(=O)c1cc(F)c(-c2nc3cc(Cl)ccn3c2CC(O)C[SH+]OC)c(C)c1F. The molecule has 0 radical (unpaired) electrons. The molecule has 3 rings (SSSR count). The molecule has 0 fully saturated rings. The van der Waals surface area contributed by atoms with Crippen LogP contribution in [0, 0.1) is 18.6 Å². The maximum Gasteiger partial charge on any atom is 0.165 e. The third-order valence-corrected chi connectivity index (χ3v) is 6.06. The van der Waals surface area contributed by atoms with Crippen LogP contribution in [0.1, 0.15) is 55.2 Å². The predicted molar refractivity (Wildman–Crippen MR) is 131 cm³/mol. The molecule has 5 nitrogen and oxygen atoms in total. The van der Waals surface area contributed by atoms with E-state index in [-0.39, 0.29) is 35.2 Å². The number of Topliss-reactive ketones (excluding diaryl/α,β-unsaturated/α-hetero) is 1. The van der Waals surface area contributed by atoms with Gasteiger partial charge in [-0.25, -0.2) is 13.8 Å². The first-order valence-electron chi connectivity index (χ1n) is 10.8. The van der Waals surface area contributed by atoms with E-state index in [4.69, 9.17) is 15.8 Å². The number of aliphatic hydroxyl groups excluding tert-OH is 1. The minimum atomic E-state index is -0.783. The van der Waals surface area contributed by atoms with Gasteiger partial charge in [-0.15, -0.1) is 0 Å². The summed E-state index contributed by atoms with van der Waals surface area (Å²) in [5.74, 6) is -1.59. The molecular weight excluding hydrogens is 470 g/mol. The first kappa shape index (κ1) is 27.2. The lowest BCUT2D eigenvalue weighted by molar-refractivity contribution is 0.0977. The molecule has 0 spiro atoms. The van der Waals surface area contributed by atoms with Crippen molar-refractivity contribution in [2.45, 2.75) is 53.1 Å². The maximum atomic E-state index is 15.2. The van der Waals surface area contributed by atoms with Gasteiger partial charge in [-0.05, 0) is 31.0 Å². The van der Waals surface area contributed by atoms with Gasteiger partial charge in [0, 0.05) is 35.7 Å². The number of hydrogen-bond acceptors (Lipinski definition) is 4. The molecule has 1 unspecified atom stereocenters. The first-order valence-corrected chi connectivity index (χ1v) is 12.2. The Labute approximate surface area is 202 Å². The zero-order chi connectivity index (χ0) is 24.7. The van der Waals surface area contributed by atoms with E-state index in [0.717, 1.165) is 6.07 Å². The number of halogens is 3. The van der Waals surface area contributed by atoms with E-state index in [9.17, 15) is 9.90 Å². The summed E-state index contributed by atoms with van der Waals surface area (Å²) in [4.78, 5) is 16.7. The lowest BCUT2D eigenvalue weighted by Gasteiger charge is -2.13. The number of aromatic nitrogens is 2. The third kappa shape index (κ3) is 6.12. The number of rotatable bonds is 9. The molecule has 180 valence electrons. The standard InChI is InChI=1S/C22H23ClF2N2O3S.C2H6/c1-4-5-18(29)15-10-16(24)20(12(2)21(15)25)22-17(9-14(28)11-31-30-3)27-7-6-13(23)8-19(27)26-22;1-2/h6-8,10,14,28H,4-5,9,11H2,1-3H3;1-2H3/p+1. The number of carbonyl (C=O) groups is 1. The van der Waals surface area contributed by atoms with Crippen molar-refractivity contribution in [3.05, 3.63) is 57.9 Å². The molecule has 9 heteroatoms. The van der Waals surface area contributed by atoms with Crippen LogP contribution in [0.5, 0.6) is 0 Å². The van der Waals surface area contributed by atoms with Crippen molar-refractivity contribution in [3.63, 3.8) is 0 Å². The normalized spacial score (nSPS) is 11.9. The molecule has 0 amide bonds. The Hall–Kier alpha value is -2.00. The highest BCUT2D eigenvalue weighted by Crippen LogP contribution is 2.34. The monoisotopic (exact) mass is 499 g/mol. The Kier molecular flexibility index (Phi) is 10.3. The topological polar surface area (TPSA) is 63.8 Å². The number of ketones is 1. The molecule has 0 aliphatic rings. The Morgan fingerprint density at radius 2 is 2.03 bits per heavy atom. The van der Waals surface area contributed by atoms with Crippen molar-refractivity contribution in [2.75, 3.05) is 12.9 Å². The summed E-state index contributed by atoms with van der Waals surface area (Å²) in [5, 5.41) is 10.9. The molecule has 3 aromatic rings. The first-order chi connectivity index (χ1) is 15.8. The highest BCUT2D eigenvalue weighted by atomic mass is 35.5. The fraction of sp³-hybridized carbons (Fsp3) is 0.417. The minimum absolute atomic E-state index is 0.000266. The van der Waals surface area contributed by atoms with Gasteiger partial charge in [-0.3, -0.25) is 4.79 Å². The number of thiol groups is 1. The fourth-order valence-electron chi connectivity index (χ4n) is 3.52. The van der Waals surface area contributed by atoms with Gasteiger partial charge in [0.25, 0.3) is 0 Å². The number of carbonyl (C=O) groups excluding carboxylic acids is 1. The van der Waals surface area contributed by atoms with Crippen LogP contribution in [0.15, 0.2) is 24.4 Å². The van der Waals surface area contributed by atoms with E-state index in [2.05, 4.69) is 4.98 Å². The third-order valence-electron chi connectivity index (χ3n) is 5.00. The highest BCUT2D eigenvalue weighted by Gasteiger charge is 2.26. The Bertz CT molecular complexity index is 1120. The molecule has 0 saturated carbocycles. The Balaban J connectivity index is 0.00000187. The van der Waals surface area contributed by atoms with Crippen LogP contribution < -0.4 is 0 Å². The second kappa shape index (κ2) is 12.5. The van der Waals surface area contributed by atoms with E-state index in [0.29, 0.717) is 40.6 Å². The summed E-state index contributed by atoms with van der Waals surface area (Å²) in [6.45, 7) is 7.23. The van der Waals surface area contributed by atoms with Crippen LogP contribution in [0.3, 0.4) is 0 Å². The van der Waals surface area contributed by atoms with Crippen LogP contribution in [0.4, 0.5) is 8.78 Å². The zero-order valence-corrected chi connectivity index (χ0v) is 21.1. The second-order valence-corrected chi connectivity index (χ2v) is 8.65. The van der Waals surface area contributed by atoms with Crippen molar-refractivity contribution in [1.29, 1.82) is 0 Å². The molecular formula is C24H30ClF2N2O3S+. The Morgan fingerprint density at radius 3 is 2.67 bits per heavy atom. The van der Waals surface area contributed by atoms with Gasteiger partial charge < -0.3 is 9.51 Å². The molecule has 0 bridgehead atoms. The lowest BCUT2D eigenvalue weighted by Crippen LogP contribution is -2.19. The molecule has 33 heavy (non-hydrogen) atoms. The van der Waals surface area contributed by atoms with Crippen LogP contribution in [-0.4, -0.2) is 39.2 Å². The molecule has 0 aliphatic heterocycles. The second-order valence-electron chi connectivity index (χ2n) is 7.23. The zero-order valence-electron chi connectivity index (χ0n) is 19.5. The summed E-state index contributed by atoms with van der Waals surface area (Å²) < 4.78 is 37.0. The smallest absolute Gasteiger partial charge is 0.165 e. The molecule has 1 N–H and O–H groups in total. The van der Waals surface area contributed by atoms with Gasteiger partial charge in [0.2, 0.25) is 0 Å². The van der Waals surface area contributed by atoms with E-state index < -0.39 is 23.5 Å².